The first-order chi connectivity index (χ1) is 9.28. The molecule has 4 nitrogen and oxygen atoms in total. The fraction of sp³-hybridized carbons (Fsp3) is 0.429. The molecule has 1 N–H and O–H groups in total. The zero-order chi connectivity index (χ0) is 13.5. The van der Waals surface area contributed by atoms with E-state index in [-0.39, 0.29) is 0 Å². The van der Waals surface area contributed by atoms with Gasteiger partial charge in [-0.15, -0.1) is 11.3 Å². The Morgan fingerprint density at radius 1 is 1.37 bits per heavy atom. The normalized spacial score (nSPS) is 10.6. The van der Waals surface area contributed by atoms with E-state index in [0.29, 0.717) is 6.61 Å². The summed E-state index contributed by atoms with van der Waals surface area (Å²) in [6, 6.07) is 3.87. The van der Waals surface area contributed by atoms with Gasteiger partial charge in [0.25, 0.3) is 0 Å². The molecule has 0 bridgehead atoms. The molecule has 0 spiro atoms. The number of aryl methyl sites for hydroxylation is 1. The summed E-state index contributed by atoms with van der Waals surface area (Å²) in [6.07, 6.45) is 2.88. The maximum absolute atomic E-state index is 5.65. The topological polar surface area (TPSA) is 47.0 Å². The third kappa shape index (κ3) is 4.61. The molecule has 0 radical (unpaired) electrons. The van der Waals surface area contributed by atoms with E-state index in [1.54, 1.807) is 17.5 Å². The smallest absolute Gasteiger partial charge is 0.138 e. The highest BCUT2D eigenvalue weighted by atomic mass is 32.1. The van der Waals surface area contributed by atoms with Gasteiger partial charge in [0.1, 0.15) is 17.4 Å². The monoisotopic (exact) mass is 277 g/mol. The summed E-state index contributed by atoms with van der Waals surface area (Å²) in [7, 11) is 0. The van der Waals surface area contributed by atoms with Gasteiger partial charge in [0.2, 0.25) is 0 Å². The molecule has 0 amide bonds. The van der Waals surface area contributed by atoms with E-state index >= 15 is 0 Å². The van der Waals surface area contributed by atoms with Crippen molar-refractivity contribution < 1.29 is 4.74 Å². The molecule has 0 aliphatic rings. The number of aromatic nitrogens is 2. The van der Waals surface area contributed by atoms with E-state index in [9.17, 15) is 0 Å². The minimum Gasteiger partial charge on any atom is -0.486 e. The summed E-state index contributed by atoms with van der Waals surface area (Å²) in [5.74, 6) is 0.782. The number of nitrogens with one attached hydrogen (secondary N) is 1. The molecule has 2 aromatic rings. The maximum atomic E-state index is 5.65. The van der Waals surface area contributed by atoms with Crippen LogP contribution in [0.25, 0.3) is 0 Å². The minimum atomic E-state index is 0.495. The Balaban J connectivity index is 1.81. The van der Waals surface area contributed by atoms with Crippen molar-refractivity contribution in [3.05, 3.63) is 40.1 Å². The Kier molecular flexibility index (Phi) is 5.30. The van der Waals surface area contributed by atoms with Crippen molar-refractivity contribution in [1.29, 1.82) is 0 Å². The molecule has 2 rings (SSSR count). The first-order valence-electron chi connectivity index (χ1n) is 6.47. The Hall–Kier alpha value is -1.46. The van der Waals surface area contributed by atoms with Gasteiger partial charge in [-0.05, 0) is 32.0 Å². The largest absolute Gasteiger partial charge is 0.486 e. The van der Waals surface area contributed by atoms with Crippen molar-refractivity contribution in [3.8, 4) is 5.75 Å². The van der Waals surface area contributed by atoms with E-state index in [4.69, 9.17) is 4.74 Å². The first-order valence-corrected chi connectivity index (χ1v) is 7.35. The fourth-order valence-electron chi connectivity index (χ4n) is 1.57. The number of hydrogen-bond acceptors (Lipinski definition) is 5. The summed E-state index contributed by atoms with van der Waals surface area (Å²) in [6.45, 7) is 6.48. The predicted molar refractivity (Wildman–Crippen MR) is 77.4 cm³/mol. The molecule has 5 heteroatoms. The van der Waals surface area contributed by atoms with Crippen LogP contribution in [0, 0.1) is 6.92 Å². The summed E-state index contributed by atoms with van der Waals surface area (Å²) < 4.78 is 5.65. The predicted octanol–water partition coefficient (Wildman–Crippen LogP) is 2.93. The zero-order valence-corrected chi connectivity index (χ0v) is 12.2. The number of hydrogen-bond donors (Lipinski definition) is 1. The molecule has 0 aliphatic heterocycles. The van der Waals surface area contributed by atoms with Crippen LogP contribution in [0.5, 0.6) is 5.75 Å². The van der Waals surface area contributed by atoms with Crippen molar-refractivity contribution in [2.45, 2.75) is 33.4 Å². The van der Waals surface area contributed by atoms with Gasteiger partial charge >= 0.3 is 0 Å². The highest BCUT2D eigenvalue weighted by Crippen LogP contribution is 2.14. The SMILES string of the molecule is CCCNCc1nc(COc2ccc(C)nc2)cs1. The van der Waals surface area contributed by atoms with Gasteiger partial charge in [0.05, 0.1) is 11.9 Å². The number of pyridine rings is 1. The lowest BCUT2D eigenvalue weighted by Crippen LogP contribution is -2.13. The second kappa shape index (κ2) is 7.21. The minimum absolute atomic E-state index is 0.495. The van der Waals surface area contributed by atoms with Crippen LogP contribution in [-0.4, -0.2) is 16.5 Å². The maximum Gasteiger partial charge on any atom is 0.138 e. The van der Waals surface area contributed by atoms with Crippen LogP contribution >= 0.6 is 11.3 Å². The number of nitrogens with zero attached hydrogens (tertiary/aromatic N) is 2. The summed E-state index contributed by atoms with van der Waals surface area (Å²) in [5, 5.41) is 6.49. The first kappa shape index (κ1) is 14.0. The van der Waals surface area contributed by atoms with E-state index in [1.165, 1.54) is 0 Å². The van der Waals surface area contributed by atoms with Crippen LogP contribution in [-0.2, 0) is 13.2 Å². The third-order valence-electron chi connectivity index (χ3n) is 2.57. The summed E-state index contributed by atoms with van der Waals surface area (Å²) in [5.41, 5.74) is 1.96. The van der Waals surface area contributed by atoms with E-state index in [1.807, 2.05) is 24.4 Å². The quantitative estimate of drug-likeness (QED) is 0.790. The van der Waals surface area contributed by atoms with Crippen LogP contribution in [0.1, 0.15) is 29.7 Å². The van der Waals surface area contributed by atoms with Crippen LogP contribution < -0.4 is 10.1 Å². The molecule has 0 saturated heterocycles. The molecule has 0 aromatic carbocycles. The highest BCUT2D eigenvalue weighted by Gasteiger charge is 2.03. The van der Waals surface area contributed by atoms with Crippen molar-refractivity contribution in [3.63, 3.8) is 0 Å². The molecular weight excluding hydrogens is 258 g/mol. The molecule has 0 atom stereocenters. The Bertz CT molecular complexity index is 496. The Morgan fingerprint density at radius 3 is 3.00 bits per heavy atom. The fourth-order valence-corrected chi connectivity index (χ4v) is 2.31. The Labute approximate surface area is 117 Å². The van der Waals surface area contributed by atoms with Crippen molar-refractivity contribution >= 4 is 11.3 Å². The van der Waals surface area contributed by atoms with Crippen LogP contribution in [0.3, 0.4) is 0 Å². The van der Waals surface area contributed by atoms with E-state index in [2.05, 4.69) is 22.2 Å². The van der Waals surface area contributed by atoms with Crippen LogP contribution in [0.4, 0.5) is 0 Å². The average Bonchev–Trinajstić information content (AvgIpc) is 2.86. The number of rotatable bonds is 7. The zero-order valence-electron chi connectivity index (χ0n) is 11.3. The molecule has 0 aliphatic carbocycles. The lowest BCUT2D eigenvalue weighted by molar-refractivity contribution is 0.300. The summed E-state index contributed by atoms with van der Waals surface area (Å²) >= 11 is 1.67. The van der Waals surface area contributed by atoms with Crippen molar-refractivity contribution in [1.82, 2.24) is 15.3 Å². The van der Waals surface area contributed by atoms with Gasteiger partial charge in [-0.3, -0.25) is 4.98 Å². The van der Waals surface area contributed by atoms with Gasteiger partial charge in [-0.2, -0.15) is 0 Å². The summed E-state index contributed by atoms with van der Waals surface area (Å²) in [4.78, 5) is 8.72. The third-order valence-corrected chi connectivity index (χ3v) is 3.47. The lowest BCUT2D eigenvalue weighted by atomic mass is 10.4. The molecule has 19 heavy (non-hydrogen) atoms. The Morgan fingerprint density at radius 2 is 2.26 bits per heavy atom. The highest BCUT2D eigenvalue weighted by molar-refractivity contribution is 7.09. The van der Waals surface area contributed by atoms with Gasteiger partial charge < -0.3 is 10.1 Å². The van der Waals surface area contributed by atoms with Gasteiger partial charge in [0, 0.05) is 17.6 Å². The average molecular weight is 277 g/mol. The molecule has 0 unspecified atom stereocenters. The van der Waals surface area contributed by atoms with Gasteiger partial charge in [-0.1, -0.05) is 6.92 Å². The van der Waals surface area contributed by atoms with Gasteiger partial charge in [-0.25, -0.2) is 4.98 Å². The molecule has 2 aromatic heterocycles. The number of ether oxygens (including phenoxy) is 1. The molecule has 102 valence electrons. The second-order valence-corrected chi connectivity index (χ2v) is 5.28. The van der Waals surface area contributed by atoms with E-state index in [0.717, 1.165) is 41.7 Å². The number of thiazole rings is 1. The van der Waals surface area contributed by atoms with E-state index < -0.39 is 0 Å². The van der Waals surface area contributed by atoms with Gasteiger partial charge in [0.15, 0.2) is 0 Å². The molecule has 2 heterocycles. The second-order valence-electron chi connectivity index (χ2n) is 4.33. The van der Waals surface area contributed by atoms with Crippen molar-refractivity contribution in [2.75, 3.05) is 6.54 Å². The van der Waals surface area contributed by atoms with Crippen LogP contribution in [0.2, 0.25) is 0 Å². The molecular formula is C14H19N3OS. The standard InChI is InChI=1S/C14H19N3OS/c1-3-6-15-8-14-17-12(10-19-14)9-18-13-5-4-11(2)16-7-13/h4-5,7,10,15H,3,6,8-9H2,1-2H3. The molecule has 0 fully saturated rings. The van der Waals surface area contributed by atoms with Crippen LogP contribution in [0.15, 0.2) is 23.7 Å². The lowest BCUT2D eigenvalue weighted by Gasteiger charge is -2.03. The molecule has 0 saturated carbocycles. The van der Waals surface area contributed by atoms with Crippen molar-refractivity contribution in [2.24, 2.45) is 0 Å².